The highest BCUT2D eigenvalue weighted by molar-refractivity contribution is 5.94. The Labute approximate surface area is 101 Å². The fourth-order valence-electron chi connectivity index (χ4n) is 1.73. The highest BCUT2D eigenvalue weighted by Crippen LogP contribution is 2.14. The van der Waals surface area contributed by atoms with E-state index in [9.17, 15) is 9.18 Å². The van der Waals surface area contributed by atoms with Gasteiger partial charge in [0, 0.05) is 18.8 Å². The number of anilines is 1. The molecule has 1 aromatic carbocycles. The Balaban J connectivity index is 2.92. The Kier molecular flexibility index (Phi) is 4.94. The summed E-state index contributed by atoms with van der Waals surface area (Å²) in [5.74, 6) is -0.807. The molecule has 1 amide bonds. The van der Waals surface area contributed by atoms with Gasteiger partial charge in [0.1, 0.15) is 5.82 Å². The molecule has 0 aliphatic rings. The van der Waals surface area contributed by atoms with Gasteiger partial charge in [0.15, 0.2) is 0 Å². The van der Waals surface area contributed by atoms with Crippen molar-refractivity contribution in [2.24, 2.45) is 0 Å². The summed E-state index contributed by atoms with van der Waals surface area (Å²) in [5.41, 5.74) is 5.88. The van der Waals surface area contributed by atoms with Gasteiger partial charge >= 0.3 is 0 Å². The maximum Gasteiger partial charge on any atom is 0.256 e. The summed E-state index contributed by atoms with van der Waals surface area (Å²) in [6.45, 7) is 5.29. The number of carbonyl (C=O) groups excluding carboxylic acids is 1. The van der Waals surface area contributed by atoms with Gasteiger partial charge in [-0.1, -0.05) is 13.8 Å². The number of carbonyl (C=O) groups is 1. The van der Waals surface area contributed by atoms with E-state index in [0.29, 0.717) is 18.8 Å². The summed E-state index contributed by atoms with van der Waals surface area (Å²) < 4.78 is 13.6. The van der Waals surface area contributed by atoms with Crippen LogP contribution in [0.4, 0.5) is 10.1 Å². The molecule has 0 aromatic heterocycles. The summed E-state index contributed by atoms with van der Waals surface area (Å²) in [5, 5.41) is 0. The van der Waals surface area contributed by atoms with Crippen molar-refractivity contribution < 1.29 is 9.18 Å². The molecule has 0 aliphatic carbocycles. The van der Waals surface area contributed by atoms with Crippen molar-refractivity contribution >= 4 is 11.6 Å². The molecular formula is C13H19FN2O. The van der Waals surface area contributed by atoms with Gasteiger partial charge in [-0.2, -0.15) is 0 Å². The molecule has 0 heterocycles. The lowest BCUT2D eigenvalue weighted by molar-refractivity contribution is 0.0751. The lowest BCUT2D eigenvalue weighted by atomic mass is 10.1. The topological polar surface area (TPSA) is 46.3 Å². The van der Waals surface area contributed by atoms with Crippen LogP contribution in [0.2, 0.25) is 0 Å². The van der Waals surface area contributed by atoms with Crippen molar-refractivity contribution in [2.45, 2.75) is 26.7 Å². The number of nitrogen functional groups attached to an aromatic ring is 1. The SMILES string of the molecule is CCCN(CCC)C(=O)c1ccc(N)cc1F. The van der Waals surface area contributed by atoms with Crippen LogP contribution in [-0.2, 0) is 0 Å². The zero-order valence-corrected chi connectivity index (χ0v) is 10.4. The van der Waals surface area contributed by atoms with Crippen LogP contribution in [0.25, 0.3) is 0 Å². The van der Waals surface area contributed by atoms with Crippen LogP contribution in [-0.4, -0.2) is 23.9 Å². The monoisotopic (exact) mass is 238 g/mol. The number of nitrogens with two attached hydrogens (primary N) is 1. The van der Waals surface area contributed by atoms with E-state index < -0.39 is 5.82 Å². The Hall–Kier alpha value is -1.58. The number of hydrogen-bond acceptors (Lipinski definition) is 2. The molecule has 0 unspecified atom stereocenters. The van der Waals surface area contributed by atoms with Gasteiger partial charge in [0.05, 0.1) is 5.56 Å². The molecule has 0 aliphatic heterocycles. The summed E-state index contributed by atoms with van der Waals surface area (Å²) in [6, 6.07) is 4.18. The Morgan fingerprint density at radius 1 is 1.29 bits per heavy atom. The van der Waals surface area contributed by atoms with Crippen molar-refractivity contribution in [1.29, 1.82) is 0 Å². The highest BCUT2D eigenvalue weighted by Gasteiger charge is 2.17. The van der Waals surface area contributed by atoms with Crippen LogP contribution in [0.1, 0.15) is 37.0 Å². The molecule has 0 saturated carbocycles. The van der Waals surface area contributed by atoms with E-state index in [0.717, 1.165) is 12.8 Å². The van der Waals surface area contributed by atoms with E-state index in [1.54, 1.807) is 11.0 Å². The number of halogens is 1. The van der Waals surface area contributed by atoms with Crippen molar-refractivity contribution in [2.75, 3.05) is 18.8 Å². The highest BCUT2D eigenvalue weighted by atomic mass is 19.1. The second-order valence-corrected chi connectivity index (χ2v) is 4.03. The quantitative estimate of drug-likeness (QED) is 0.802. The first kappa shape index (κ1) is 13.5. The van der Waals surface area contributed by atoms with Crippen molar-refractivity contribution in [3.63, 3.8) is 0 Å². The second-order valence-electron chi connectivity index (χ2n) is 4.03. The molecule has 0 atom stereocenters. The molecule has 0 bridgehead atoms. The maximum atomic E-state index is 13.6. The van der Waals surface area contributed by atoms with Crippen molar-refractivity contribution in [3.05, 3.63) is 29.6 Å². The fourth-order valence-corrected chi connectivity index (χ4v) is 1.73. The average molecular weight is 238 g/mol. The molecule has 0 fully saturated rings. The third-order valence-corrected chi connectivity index (χ3v) is 2.50. The average Bonchev–Trinajstić information content (AvgIpc) is 2.28. The predicted molar refractivity (Wildman–Crippen MR) is 67.3 cm³/mol. The zero-order valence-electron chi connectivity index (χ0n) is 10.4. The Morgan fingerprint density at radius 2 is 1.88 bits per heavy atom. The second kappa shape index (κ2) is 6.23. The molecule has 94 valence electrons. The minimum atomic E-state index is -0.549. The standard InChI is InChI=1S/C13H19FN2O/c1-3-7-16(8-4-2)13(17)11-6-5-10(15)9-12(11)14/h5-6,9H,3-4,7-8,15H2,1-2H3. The van der Waals surface area contributed by atoms with E-state index in [-0.39, 0.29) is 11.5 Å². The molecule has 3 nitrogen and oxygen atoms in total. The van der Waals surface area contributed by atoms with Gasteiger partial charge in [-0.3, -0.25) is 4.79 Å². The number of amides is 1. The van der Waals surface area contributed by atoms with Crippen molar-refractivity contribution in [1.82, 2.24) is 4.90 Å². The molecule has 1 rings (SSSR count). The number of nitrogens with zero attached hydrogens (tertiary/aromatic N) is 1. The molecule has 2 N–H and O–H groups in total. The Morgan fingerprint density at radius 3 is 2.35 bits per heavy atom. The maximum absolute atomic E-state index is 13.6. The molecule has 17 heavy (non-hydrogen) atoms. The first-order valence-electron chi connectivity index (χ1n) is 5.94. The van der Waals surface area contributed by atoms with Crippen LogP contribution >= 0.6 is 0 Å². The third kappa shape index (κ3) is 3.44. The summed E-state index contributed by atoms with van der Waals surface area (Å²) >= 11 is 0. The Bertz CT molecular complexity index is 387. The minimum Gasteiger partial charge on any atom is -0.399 e. The molecular weight excluding hydrogens is 219 g/mol. The summed E-state index contributed by atoms with van der Waals surface area (Å²) in [7, 11) is 0. The van der Waals surface area contributed by atoms with Crippen LogP contribution in [0.15, 0.2) is 18.2 Å². The van der Waals surface area contributed by atoms with Gasteiger partial charge in [0.2, 0.25) is 0 Å². The molecule has 0 radical (unpaired) electrons. The van der Waals surface area contributed by atoms with Gasteiger partial charge in [-0.15, -0.1) is 0 Å². The van der Waals surface area contributed by atoms with Crippen LogP contribution in [0.3, 0.4) is 0 Å². The first-order valence-corrected chi connectivity index (χ1v) is 5.94. The van der Waals surface area contributed by atoms with E-state index in [2.05, 4.69) is 0 Å². The van der Waals surface area contributed by atoms with Crippen LogP contribution < -0.4 is 5.73 Å². The number of rotatable bonds is 5. The third-order valence-electron chi connectivity index (χ3n) is 2.50. The molecule has 1 aromatic rings. The fraction of sp³-hybridized carbons (Fsp3) is 0.462. The van der Waals surface area contributed by atoms with E-state index in [4.69, 9.17) is 5.73 Å². The van der Waals surface area contributed by atoms with Gasteiger partial charge < -0.3 is 10.6 Å². The van der Waals surface area contributed by atoms with Crippen molar-refractivity contribution in [3.8, 4) is 0 Å². The largest absolute Gasteiger partial charge is 0.399 e. The lowest BCUT2D eigenvalue weighted by Crippen LogP contribution is -2.33. The van der Waals surface area contributed by atoms with E-state index in [1.165, 1.54) is 12.1 Å². The molecule has 4 heteroatoms. The number of hydrogen-bond donors (Lipinski definition) is 1. The molecule has 0 saturated heterocycles. The van der Waals surface area contributed by atoms with Gasteiger partial charge in [0.25, 0.3) is 5.91 Å². The lowest BCUT2D eigenvalue weighted by Gasteiger charge is -2.21. The summed E-state index contributed by atoms with van der Waals surface area (Å²) in [4.78, 5) is 13.8. The first-order chi connectivity index (χ1) is 8.10. The van der Waals surface area contributed by atoms with E-state index >= 15 is 0 Å². The number of benzene rings is 1. The normalized spacial score (nSPS) is 10.3. The minimum absolute atomic E-state index is 0.0982. The summed E-state index contributed by atoms with van der Waals surface area (Å²) in [6.07, 6.45) is 1.73. The van der Waals surface area contributed by atoms with E-state index in [1.807, 2.05) is 13.8 Å². The smallest absolute Gasteiger partial charge is 0.256 e. The van der Waals surface area contributed by atoms with Crippen LogP contribution in [0, 0.1) is 5.82 Å². The molecule has 0 spiro atoms. The predicted octanol–water partition coefficient (Wildman–Crippen LogP) is 2.67. The van der Waals surface area contributed by atoms with Gasteiger partial charge in [-0.05, 0) is 31.0 Å². The zero-order chi connectivity index (χ0) is 12.8. The van der Waals surface area contributed by atoms with Crippen LogP contribution in [0.5, 0.6) is 0 Å². The van der Waals surface area contributed by atoms with Gasteiger partial charge in [-0.25, -0.2) is 4.39 Å².